The summed E-state index contributed by atoms with van der Waals surface area (Å²) in [5.41, 5.74) is 5.29. The van der Waals surface area contributed by atoms with Gasteiger partial charge in [-0.3, -0.25) is 0 Å². The second kappa shape index (κ2) is 5.18. The molecule has 1 unspecified atom stereocenters. The zero-order valence-electron chi connectivity index (χ0n) is 9.99. The van der Waals surface area contributed by atoms with E-state index in [1.54, 1.807) is 32.4 Å². The normalized spacial score (nSPS) is 14.3. The Morgan fingerprint density at radius 2 is 1.69 bits per heavy atom. The Morgan fingerprint density at radius 1 is 1.19 bits per heavy atom. The summed E-state index contributed by atoms with van der Waals surface area (Å²) >= 11 is 0. The standard InChI is InChI=1S/C12H19NO3/c1-4-12(14,8-13)9-5-10(15-2)7-11(6-9)16-3/h5-7,14H,4,8,13H2,1-3H3. The summed E-state index contributed by atoms with van der Waals surface area (Å²) in [5.74, 6) is 1.30. The third kappa shape index (κ3) is 2.46. The largest absolute Gasteiger partial charge is 0.497 e. The first-order chi connectivity index (χ1) is 7.59. The summed E-state index contributed by atoms with van der Waals surface area (Å²) in [7, 11) is 3.15. The molecular weight excluding hydrogens is 206 g/mol. The maximum atomic E-state index is 10.3. The van der Waals surface area contributed by atoms with Gasteiger partial charge >= 0.3 is 0 Å². The molecule has 0 amide bonds. The Bertz CT molecular complexity index is 326. The summed E-state index contributed by atoms with van der Waals surface area (Å²) in [6.45, 7) is 2.05. The van der Waals surface area contributed by atoms with Gasteiger partial charge in [0.05, 0.1) is 14.2 Å². The number of hydrogen-bond acceptors (Lipinski definition) is 4. The zero-order valence-corrected chi connectivity index (χ0v) is 9.99. The molecule has 1 aromatic carbocycles. The van der Waals surface area contributed by atoms with E-state index in [4.69, 9.17) is 15.2 Å². The number of nitrogens with two attached hydrogens (primary N) is 1. The van der Waals surface area contributed by atoms with Gasteiger partial charge in [-0.25, -0.2) is 0 Å². The summed E-state index contributed by atoms with van der Waals surface area (Å²) < 4.78 is 10.3. The van der Waals surface area contributed by atoms with Crippen LogP contribution in [0.25, 0.3) is 0 Å². The molecule has 0 aromatic heterocycles. The molecule has 4 nitrogen and oxygen atoms in total. The van der Waals surface area contributed by atoms with Gasteiger partial charge in [0, 0.05) is 12.6 Å². The van der Waals surface area contributed by atoms with Crippen molar-refractivity contribution in [1.29, 1.82) is 0 Å². The summed E-state index contributed by atoms with van der Waals surface area (Å²) in [6.07, 6.45) is 0.541. The fourth-order valence-electron chi connectivity index (χ4n) is 1.54. The highest BCUT2D eigenvalue weighted by Gasteiger charge is 2.26. The summed E-state index contributed by atoms with van der Waals surface area (Å²) in [5, 5.41) is 10.3. The molecule has 0 saturated heterocycles. The molecule has 1 atom stereocenters. The second-order valence-electron chi connectivity index (χ2n) is 3.69. The minimum atomic E-state index is -1.03. The first-order valence-electron chi connectivity index (χ1n) is 5.25. The highest BCUT2D eigenvalue weighted by molar-refractivity contribution is 5.41. The Balaban J connectivity index is 3.21. The Labute approximate surface area is 96.0 Å². The van der Waals surface area contributed by atoms with E-state index in [1.807, 2.05) is 6.92 Å². The predicted molar refractivity (Wildman–Crippen MR) is 62.8 cm³/mol. The molecule has 0 heterocycles. The van der Waals surface area contributed by atoms with E-state index in [2.05, 4.69) is 0 Å². The van der Waals surface area contributed by atoms with E-state index in [1.165, 1.54) is 0 Å². The molecule has 3 N–H and O–H groups in total. The monoisotopic (exact) mass is 225 g/mol. The quantitative estimate of drug-likeness (QED) is 0.791. The van der Waals surface area contributed by atoms with Crippen LogP contribution in [0, 0.1) is 0 Å². The van der Waals surface area contributed by atoms with Crippen molar-refractivity contribution in [2.75, 3.05) is 20.8 Å². The topological polar surface area (TPSA) is 64.7 Å². The lowest BCUT2D eigenvalue weighted by molar-refractivity contribution is 0.0414. The van der Waals surface area contributed by atoms with E-state index >= 15 is 0 Å². The molecule has 0 aliphatic carbocycles. The van der Waals surface area contributed by atoms with E-state index < -0.39 is 5.60 Å². The van der Waals surface area contributed by atoms with Gasteiger partial charge in [0.2, 0.25) is 0 Å². The number of methoxy groups -OCH3 is 2. The van der Waals surface area contributed by atoms with Gasteiger partial charge in [-0.15, -0.1) is 0 Å². The average molecular weight is 225 g/mol. The van der Waals surface area contributed by atoms with Crippen molar-refractivity contribution in [3.05, 3.63) is 23.8 Å². The van der Waals surface area contributed by atoms with Crippen LogP contribution in [0.1, 0.15) is 18.9 Å². The van der Waals surface area contributed by atoms with Crippen LogP contribution in [-0.2, 0) is 5.60 Å². The van der Waals surface area contributed by atoms with Gasteiger partial charge in [0.15, 0.2) is 0 Å². The molecular formula is C12H19NO3. The Morgan fingerprint density at radius 3 is 2.00 bits per heavy atom. The fraction of sp³-hybridized carbons (Fsp3) is 0.500. The highest BCUT2D eigenvalue weighted by Crippen LogP contribution is 2.31. The molecule has 4 heteroatoms. The SMILES string of the molecule is CCC(O)(CN)c1cc(OC)cc(OC)c1. The van der Waals surface area contributed by atoms with Crippen molar-refractivity contribution in [3.8, 4) is 11.5 Å². The maximum Gasteiger partial charge on any atom is 0.122 e. The molecule has 0 aliphatic rings. The van der Waals surface area contributed by atoms with Crippen LogP contribution in [0.3, 0.4) is 0 Å². The van der Waals surface area contributed by atoms with Gasteiger partial charge < -0.3 is 20.3 Å². The lowest BCUT2D eigenvalue weighted by Crippen LogP contribution is -2.34. The van der Waals surface area contributed by atoms with E-state index in [0.29, 0.717) is 23.5 Å². The molecule has 0 radical (unpaired) electrons. The van der Waals surface area contributed by atoms with Crippen LogP contribution in [0.2, 0.25) is 0 Å². The molecule has 16 heavy (non-hydrogen) atoms. The van der Waals surface area contributed by atoms with Gasteiger partial charge in [0.25, 0.3) is 0 Å². The van der Waals surface area contributed by atoms with Crippen LogP contribution in [0.4, 0.5) is 0 Å². The summed E-state index contributed by atoms with van der Waals surface area (Å²) in [4.78, 5) is 0. The first kappa shape index (κ1) is 12.8. The number of hydrogen-bond donors (Lipinski definition) is 2. The number of benzene rings is 1. The fourth-order valence-corrected chi connectivity index (χ4v) is 1.54. The van der Waals surface area contributed by atoms with Crippen molar-refractivity contribution in [1.82, 2.24) is 0 Å². The predicted octanol–water partition coefficient (Wildman–Crippen LogP) is 1.26. The van der Waals surface area contributed by atoms with E-state index in [0.717, 1.165) is 0 Å². The third-order valence-corrected chi connectivity index (χ3v) is 2.81. The van der Waals surface area contributed by atoms with Crippen molar-refractivity contribution in [3.63, 3.8) is 0 Å². The number of rotatable bonds is 5. The van der Waals surface area contributed by atoms with Gasteiger partial charge in [0.1, 0.15) is 17.1 Å². The number of aliphatic hydroxyl groups is 1. The third-order valence-electron chi connectivity index (χ3n) is 2.81. The zero-order chi connectivity index (χ0) is 12.2. The van der Waals surface area contributed by atoms with Gasteiger partial charge in [-0.1, -0.05) is 6.92 Å². The maximum absolute atomic E-state index is 10.3. The van der Waals surface area contributed by atoms with E-state index in [9.17, 15) is 5.11 Å². The molecule has 0 aliphatic heterocycles. The lowest BCUT2D eigenvalue weighted by Gasteiger charge is -2.26. The van der Waals surface area contributed by atoms with Gasteiger partial charge in [-0.05, 0) is 24.1 Å². The second-order valence-corrected chi connectivity index (χ2v) is 3.69. The van der Waals surface area contributed by atoms with Crippen molar-refractivity contribution in [2.24, 2.45) is 5.73 Å². The Kier molecular flexibility index (Phi) is 4.15. The van der Waals surface area contributed by atoms with Crippen molar-refractivity contribution in [2.45, 2.75) is 18.9 Å². The average Bonchev–Trinajstić information content (AvgIpc) is 2.36. The Hall–Kier alpha value is -1.26. The van der Waals surface area contributed by atoms with Crippen LogP contribution < -0.4 is 15.2 Å². The summed E-state index contributed by atoms with van der Waals surface area (Å²) in [6, 6.07) is 5.31. The molecule has 1 rings (SSSR count). The number of ether oxygens (including phenoxy) is 2. The molecule has 90 valence electrons. The molecule has 0 bridgehead atoms. The van der Waals surface area contributed by atoms with Gasteiger partial charge in [-0.2, -0.15) is 0 Å². The first-order valence-corrected chi connectivity index (χ1v) is 5.25. The molecule has 0 spiro atoms. The minimum absolute atomic E-state index is 0.166. The van der Waals surface area contributed by atoms with Crippen LogP contribution >= 0.6 is 0 Å². The van der Waals surface area contributed by atoms with Crippen LogP contribution in [0.5, 0.6) is 11.5 Å². The van der Waals surface area contributed by atoms with Crippen LogP contribution in [0.15, 0.2) is 18.2 Å². The highest BCUT2D eigenvalue weighted by atomic mass is 16.5. The van der Waals surface area contributed by atoms with Crippen molar-refractivity contribution < 1.29 is 14.6 Å². The van der Waals surface area contributed by atoms with E-state index in [-0.39, 0.29) is 6.54 Å². The smallest absolute Gasteiger partial charge is 0.122 e. The molecule has 1 aromatic rings. The molecule has 0 fully saturated rings. The van der Waals surface area contributed by atoms with Crippen molar-refractivity contribution >= 4 is 0 Å². The molecule has 0 saturated carbocycles. The minimum Gasteiger partial charge on any atom is -0.497 e. The lowest BCUT2D eigenvalue weighted by atomic mass is 9.91. The van der Waals surface area contributed by atoms with Crippen LogP contribution in [-0.4, -0.2) is 25.9 Å².